The summed E-state index contributed by atoms with van der Waals surface area (Å²) in [5, 5.41) is 3.45. The summed E-state index contributed by atoms with van der Waals surface area (Å²) in [5.74, 6) is 0.625. The molecule has 2 aliphatic carbocycles. The van der Waals surface area contributed by atoms with Crippen molar-refractivity contribution < 1.29 is 8.42 Å². The normalized spacial score (nSPS) is 31.6. The molecule has 2 aliphatic rings. The predicted octanol–water partition coefficient (Wildman–Crippen LogP) is 1.73. The molecule has 2 fully saturated rings. The first-order chi connectivity index (χ1) is 7.55. The minimum Gasteiger partial charge on any atom is -0.314 e. The number of hydrogen-bond donors (Lipinski definition) is 1. The highest BCUT2D eigenvalue weighted by Gasteiger charge is 2.29. The quantitative estimate of drug-likeness (QED) is 0.802. The van der Waals surface area contributed by atoms with Gasteiger partial charge in [0, 0.05) is 12.3 Å². The summed E-state index contributed by atoms with van der Waals surface area (Å²) in [7, 11) is -2.81. The molecule has 2 unspecified atom stereocenters. The Bertz CT molecular complexity index is 322. The monoisotopic (exact) mass is 245 g/mol. The molecule has 0 aromatic carbocycles. The number of sulfone groups is 1. The van der Waals surface area contributed by atoms with Crippen molar-refractivity contribution >= 4 is 9.84 Å². The fraction of sp³-hybridized carbons (Fsp3) is 1.00. The van der Waals surface area contributed by atoms with Gasteiger partial charge >= 0.3 is 0 Å². The van der Waals surface area contributed by atoms with Gasteiger partial charge in [-0.05, 0) is 44.6 Å². The van der Waals surface area contributed by atoms with Crippen LogP contribution in [0.3, 0.4) is 0 Å². The minimum absolute atomic E-state index is 0.0628. The Morgan fingerprint density at radius 2 is 1.94 bits per heavy atom. The SMILES string of the molecule is CS(=O)(=O)C1CCCC(CCNC2CC2)C1. The van der Waals surface area contributed by atoms with E-state index >= 15 is 0 Å². The first-order valence-corrected chi connectivity index (χ1v) is 8.43. The first-order valence-electron chi connectivity index (χ1n) is 6.48. The second-order valence-electron chi connectivity index (χ2n) is 5.50. The summed E-state index contributed by atoms with van der Waals surface area (Å²) < 4.78 is 23.0. The van der Waals surface area contributed by atoms with E-state index in [1.54, 1.807) is 0 Å². The van der Waals surface area contributed by atoms with Gasteiger partial charge in [-0.3, -0.25) is 0 Å². The molecule has 0 amide bonds. The van der Waals surface area contributed by atoms with Gasteiger partial charge in [0.05, 0.1) is 5.25 Å². The average molecular weight is 245 g/mol. The molecule has 0 aliphatic heterocycles. The van der Waals surface area contributed by atoms with E-state index in [9.17, 15) is 8.42 Å². The van der Waals surface area contributed by atoms with Crippen LogP contribution >= 0.6 is 0 Å². The van der Waals surface area contributed by atoms with Crippen LogP contribution in [0.2, 0.25) is 0 Å². The van der Waals surface area contributed by atoms with E-state index < -0.39 is 9.84 Å². The van der Waals surface area contributed by atoms with Crippen LogP contribution < -0.4 is 5.32 Å². The lowest BCUT2D eigenvalue weighted by Crippen LogP contribution is -2.29. The highest BCUT2D eigenvalue weighted by Crippen LogP contribution is 2.30. The Kier molecular flexibility index (Phi) is 3.90. The summed E-state index contributed by atoms with van der Waals surface area (Å²) in [6.07, 6.45) is 9.29. The summed E-state index contributed by atoms with van der Waals surface area (Å²) in [4.78, 5) is 0. The fourth-order valence-electron chi connectivity index (χ4n) is 2.67. The average Bonchev–Trinajstić information content (AvgIpc) is 3.01. The van der Waals surface area contributed by atoms with E-state index in [-0.39, 0.29) is 5.25 Å². The van der Waals surface area contributed by atoms with Gasteiger partial charge in [0.25, 0.3) is 0 Å². The maximum Gasteiger partial charge on any atom is 0.150 e. The molecule has 0 radical (unpaired) electrons. The van der Waals surface area contributed by atoms with Crippen LogP contribution in [0.15, 0.2) is 0 Å². The zero-order chi connectivity index (χ0) is 11.6. The summed E-state index contributed by atoms with van der Waals surface area (Å²) in [6.45, 7) is 1.08. The molecule has 0 bridgehead atoms. The Labute approximate surface area is 98.9 Å². The van der Waals surface area contributed by atoms with Gasteiger partial charge in [-0.25, -0.2) is 8.42 Å². The Morgan fingerprint density at radius 1 is 1.19 bits per heavy atom. The third-order valence-corrected chi connectivity index (χ3v) is 5.54. The molecule has 2 rings (SSSR count). The standard InChI is InChI=1S/C12H23NO2S/c1-16(14,15)12-4-2-3-10(9-12)7-8-13-11-5-6-11/h10-13H,2-9H2,1H3. The second kappa shape index (κ2) is 5.05. The zero-order valence-electron chi connectivity index (χ0n) is 10.1. The minimum atomic E-state index is -2.81. The highest BCUT2D eigenvalue weighted by atomic mass is 32.2. The zero-order valence-corrected chi connectivity index (χ0v) is 10.9. The summed E-state index contributed by atoms with van der Waals surface area (Å²) >= 11 is 0. The molecule has 0 saturated heterocycles. The molecular formula is C12H23NO2S. The highest BCUT2D eigenvalue weighted by molar-refractivity contribution is 7.91. The topological polar surface area (TPSA) is 46.2 Å². The first kappa shape index (κ1) is 12.4. The van der Waals surface area contributed by atoms with E-state index in [0.29, 0.717) is 5.92 Å². The molecular weight excluding hydrogens is 222 g/mol. The Morgan fingerprint density at radius 3 is 2.56 bits per heavy atom. The van der Waals surface area contributed by atoms with E-state index in [4.69, 9.17) is 0 Å². The van der Waals surface area contributed by atoms with Crippen molar-refractivity contribution in [3.8, 4) is 0 Å². The van der Waals surface area contributed by atoms with Crippen molar-refractivity contribution in [2.45, 2.75) is 56.2 Å². The molecule has 4 heteroatoms. The van der Waals surface area contributed by atoms with Crippen LogP contribution in [-0.2, 0) is 9.84 Å². The van der Waals surface area contributed by atoms with Gasteiger partial charge in [-0.1, -0.05) is 12.8 Å². The molecule has 1 N–H and O–H groups in total. The largest absolute Gasteiger partial charge is 0.314 e. The molecule has 2 saturated carbocycles. The van der Waals surface area contributed by atoms with Crippen molar-refractivity contribution in [3.05, 3.63) is 0 Å². The predicted molar refractivity (Wildman–Crippen MR) is 66.2 cm³/mol. The number of hydrogen-bond acceptors (Lipinski definition) is 3. The van der Waals surface area contributed by atoms with Gasteiger partial charge in [0.1, 0.15) is 9.84 Å². The third kappa shape index (κ3) is 3.74. The third-order valence-electron chi connectivity index (χ3n) is 3.90. The van der Waals surface area contributed by atoms with Gasteiger partial charge in [-0.2, -0.15) is 0 Å². The van der Waals surface area contributed by atoms with Crippen LogP contribution in [0.5, 0.6) is 0 Å². The number of rotatable bonds is 5. The summed E-state index contributed by atoms with van der Waals surface area (Å²) in [5.41, 5.74) is 0. The van der Waals surface area contributed by atoms with Crippen LogP contribution in [0.4, 0.5) is 0 Å². The lowest BCUT2D eigenvalue weighted by molar-refractivity contribution is 0.333. The van der Waals surface area contributed by atoms with E-state index in [2.05, 4.69) is 5.32 Å². The second-order valence-corrected chi connectivity index (χ2v) is 7.83. The van der Waals surface area contributed by atoms with Crippen LogP contribution in [0.1, 0.15) is 44.9 Å². The van der Waals surface area contributed by atoms with E-state index in [1.165, 1.54) is 25.5 Å². The fourth-order valence-corrected chi connectivity index (χ4v) is 3.89. The summed E-state index contributed by atoms with van der Waals surface area (Å²) in [6, 6.07) is 0.772. The van der Waals surface area contributed by atoms with E-state index in [0.717, 1.165) is 38.3 Å². The van der Waals surface area contributed by atoms with Gasteiger partial charge in [0.2, 0.25) is 0 Å². The van der Waals surface area contributed by atoms with Gasteiger partial charge < -0.3 is 5.32 Å². The molecule has 0 spiro atoms. The molecule has 94 valence electrons. The maximum atomic E-state index is 11.5. The van der Waals surface area contributed by atoms with Gasteiger partial charge in [0.15, 0.2) is 0 Å². The Hall–Kier alpha value is -0.0900. The van der Waals surface area contributed by atoms with Crippen LogP contribution in [0, 0.1) is 5.92 Å². The van der Waals surface area contributed by atoms with Crippen LogP contribution in [0.25, 0.3) is 0 Å². The maximum absolute atomic E-state index is 11.5. The van der Waals surface area contributed by atoms with Crippen molar-refractivity contribution in [3.63, 3.8) is 0 Å². The molecule has 0 heterocycles. The van der Waals surface area contributed by atoms with E-state index in [1.807, 2.05) is 0 Å². The van der Waals surface area contributed by atoms with Gasteiger partial charge in [-0.15, -0.1) is 0 Å². The van der Waals surface area contributed by atoms with Crippen molar-refractivity contribution in [1.82, 2.24) is 5.32 Å². The van der Waals surface area contributed by atoms with Crippen molar-refractivity contribution in [1.29, 1.82) is 0 Å². The molecule has 2 atom stereocenters. The Balaban J connectivity index is 1.72. The molecule has 16 heavy (non-hydrogen) atoms. The smallest absolute Gasteiger partial charge is 0.150 e. The molecule has 0 aromatic rings. The number of nitrogens with one attached hydrogen (secondary N) is 1. The van der Waals surface area contributed by atoms with Crippen molar-refractivity contribution in [2.24, 2.45) is 5.92 Å². The lowest BCUT2D eigenvalue weighted by atomic mass is 9.86. The van der Waals surface area contributed by atoms with Crippen LogP contribution in [-0.4, -0.2) is 32.5 Å². The molecule has 3 nitrogen and oxygen atoms in total. The van der Waals surface area contributed by atoms with Crippen molar-refractivity contribution in [2.75, 3.05) is 12.8 Å². The molecule has 0 aromatic heterocycles. The lowest BCUT2D eigenvalue weighted by Gasteiger charge is -2.28.